The Labute approximate surface area is 241 Å². The number of carbonyl (C=O) groups is 2. The van der Waals surface area contributed by atoms with Crippen LogP contribution in [0, 0.1) is 6.92 Å². The predicted octanol–water partition coefficient (Wildman–Crippen LogP) is 4.20. The number of amides is 2. The maximum Gasteiger partial charge on any atom is 0.242 e. The minimum absolute atomic E-state index is 0.0171. The standard InChI is InChI=1S/C32H39N3O6/c1-3-28(26-7-5-4-6-8-26)32(37)34(14-13-33-15-17-38-18-16-33)22-31(36)35(21-27-11-9-24(2)41-27)20-25-10-12-29-30(19-25)40-23-39-29/h4-12,19,28H,3,13-18,20-23H2,1-2H3. The lowest BCUT2D eigenvalue weighted by Gasteiger charge is -2.33. The maximum atomic E-state index is 14.0. The van der Waals surface area contributed by atoms with Crippen molar-refractivity contribution in [2.75, 3.05) is 52.7 Å². The third-order valence-corrected chi connectivity index (χ3v) is 7.64. The molecule has 1 aromatic heterocycles. The van der Waals surface area contributed by atoms with E-state index in [-0.39, 0.29) is 31.1 Å². The van der Waals surface area contributed by atoms with Crippen molar-refractivity contribution in [3.05, 3.63) is 83.3 Å². The number of aryl methyl sites for hydroxylation is 1. The summed E-state index contributed by atoms with van der Waals surface area (Å²) in [4.78, 5) is 33.8. The maximum absolute atomic E-state index is 14.0. The van der Waals surface area contributed by atoms with E-state index < -0.39 is 0 Å². The van der Waals surface area contributed by atoms with Gasteiger partial charge in [0.15, 0.2) is 11.5 Å². The van der Waals surface area contributed by atoms with Gasteiger partial charge in [-0.05, 0) is 48.7 Å². The van der Waals surface area contributed by atoms with Gasteiger partial charge in [0.1, 0.15) is 11.5 Å². The van der Waals surface area contributed by atoms with Gasteiger partial charge < -0.3 is 28.4 Å². The Bertz CT molecular complexity index is 1300. The summed E-state index contributed by atoms with van der Waals surface area (Å²) in [5, 5.41) is 0. The van der Waals surface area contributed by atoms with Crippen LogP contribution in [0.4, 0.5) is 0 Å². The number of hydrogen-bond donors (Lipinski definition) is 0. The molecule has 3 heterocycles. The first-order chi connectivity index (χ1) is 20.0. The summed E-state index contributed by atoms with van der Waals surface area (Å²) < 4.78 is 22.3. The van der Waals surface area contributed by atoms with Crippen LogP contribution in [0.3, 0.4) is 0 Å². The smallest absolute Gasteiger partial charge is 0.242 e. The molecule has 5 rings (SSSR count). The lowest BCUT2D eigenvalue weighted by Crippen LogP contribution is -2.48. The fraction of sp³-hybridized carbons (Fsp3) is 0.438. The zero-order chi connectivity index (χ0) is 28.6. The van der Waals surface area contributed by atoms with Gasteiger partial charge >= 0.3 is 0 Å². The molecule has 1 atom stereocenters. The molecule has 0 aliphatic carbocycles. The third-order valence-electron chi connectivity index (χ3n) is 7.64. The first-order valence-corrected chi connectivity index (χ1v) is 14.4. The molecular weight excluding hydrogens is 522 g/mol. The Hall–Kier alpha value is -3.82. The average Bonchev–Trinajstić information content (AvgIpc) is 3.64. The molecular formula is C32H39N3O6. The average molecular weight is 562 g/mol. The minimum Gasteiger partial charge on any atom is -0.464 e. The van der Waals surface area contributed by atoms with Gasteiger partial charge in [0.05, 0.1) is 32.2 Å². The van der Waals surface area contributed by atoms with Gasteiger partial charge in [0.25, 0.3) is 0 Å². The SMILES string of the molecule is CCC(C(=O)N(CCN1CCOCC1)CC(=O)N(Cc1ccc2c(c1)OCO2)Cc1ccc(C)o1)c1ccccc1. The second-order valence-electron chi connectivity index (χ2n) is 10.5. The highest BCUT2D eigenvalue weighted by Crippen LogP contribution is 2.33. The molecule has 0 radical (unpaired) electrons. The highest BCUT2D eigenvalue weighted by Gasteiger charge is 2.29. The number of furan rings is 1. The first-order valence-electron chi connectivity index (χ1n) is 14.4. The lowest BCUT2D eigenvalue weighted by molar-refractivity contribution is -0.142. The van der Waals surface area contributed by atoms with E-state index in [1.165, 1.54) is 0 Å². The van der Waals surface area contributed by atoms with E-state index in [0.29, 0.717) is 63.1 Å². The van der Waals surface area contributed by atoms with Gasteiger partial charge in [-0.1, -0.05) is 43.3 Å². The molecule has 0 spiro atoms. The third kappa shape index (κ3) is 7.48. The number of carbonyl (C=O) groups excluding carboxylic acids is 2. The zero-order valence-electron chi connectivity index (χ0n) is 23.9. The quantitative estimate of drug-likeness (QED) is 0.328. The molecule has 2 amide bonds. The molecule has 218 valence electrons. The molecule has 1 unspecified atom stereocenters. The fourth-order valence-electron chi connectivity index (χ4n) is 5.33. The van der Waals surface area contributed by atoms with E-state index in [1.54, 1.807) is 9.80 Å². The molecule has 0 bridgehead atoms. The van der Waals surface area contributed by atoms with Crippen LogP contribution in [0.1, 0.15) is 41.9 Å². The van der Waals surface area contributed by atoms with Crippen LogP contribution in [-0.4, -0.2) is 79.2 Å². The summed E-state index contributed by atoms with van der Waals surface area (Å²) >= 11 is 0. The van der Waals surface area contributed by atoms with Crippen LogP contribution in [0.15, 0.2) is 65.1 Å². The van der Waals surface area contributed by atoms with Crippen molar-refractivity contribution < 1.29 is 28.2 Å². The Morgan fingerprint density at radius 3 is 2.44 bits per heavy atom. The van der Waals surface area contributed by atoms with Crippen molar-refractivity contribution >= 4 is 11.8 Å². The van der Waals surface area contributed by atoms with Gasteiger partial charge in [0, 0.05) is 32.7 Å². The Morgan fingerprint density at radius 2 is 1.71 bits per heavy atom. The van der Waals surface area contributed by atoms with Crippen LogP contribution < -0.4 is 9.47 Å². The molecule has 9 nitrogen and oxygen atoms in total. The molecule has 1 saturated heterocycles. The van der Waals surface area contributed by atoms with Crippen LogP contribution in [0.25, 0.3) is 0 Å². The molecule has 3 aromatic rings. The number of ether oxygens (including phenoxy) is 3. The highest BCUT2D eigenvalue weighted by molar-refractivity contribution is 5.88. The van der Waals surface area contributed by atoms with Gasteiger partial charge in [-0.15, -0.1) is 0 Å². The summed E-state index contributed by atoms with van der Waals surface area (Å²) in [5.41, 5.74) is 1.87. The van der Waals surface area contributed by atoms with E-state index in [9.17, 15) is 9.59 Å². The van der Waals surface area contributed by atoms with Crippen LogP contribution >= 0.6 is 0 Å². The van der Waals surface area contributed by atoms with E-state index in [1.807, 2.05) is 74.5 Å². The molecule has 2 aliphatic rings. The number of benzene rings is 2. The summed E-state index contributed by atoms with van der Waals surface area (Å²) in [5.74, 6) is 2.35. The highest BCUT2D eigenvalue weighted by atomic mass is 16.7. The van der Waals surface area contributed by atoms with Crippen molar-refractivity contribution in [3.63, 3.8) is 0 Å². The molecule has 9 heteroatoms. The van der Waals surface area contributed by atoms with Gasteiger partial charge in [-0.3, -0.25) is 14.5 Å². The monoisotopic (exact) mass is 561 g/mol. The van der Waals surface area contributed by atoms with E-state index in [4.69, 9.17) is 18.6 Å². The first kappa shape index (κ1) is 28.7. The summed E-state index contributed by atoms with van der Waals surface area (Å²) in [6.45, 7) is 8.86. The Balaban J connectivity index is 1.36. The van der Waals surface area contributed by atoms with E-state index in [2.05, 4.69) is 4.90 Å². The number of rotatable bonds is 12. The van der Waals surface area contributed by atoms with E-state index in [0.717, 1.165) is 30.0 Å². The van der Waals surface area contributed by atoms with E-state index >= 15 is 0 Å². The number of nitrogens with zero attached hydrogens (tertiary/aromatic N) is 3. The van der Waals surface area contributed by atoms with Gasteiger partial charge in [-0.25, -0.2) is 0 Å². The van der Waals surface area contributed by atoms with Crippen molar-refractivity contribution in [1.82, 2.24) is 14.7 Å². The minimum atomic E-state index is -0.316. The number of fused-ring (bicyclic) bond motifs is 1. The molecule has 1 fully saturated rings. The lowest BCUT2D eigenvalue weighted by atomic mass is 9.95. The van der Waals surface area contributed by atoms with Crippen molar-refractivity contribution in [3.8, 4) is 11.5 Å². The summed E-state index contributed by atoms with van der Waals surface area (Å²) in [6, 6.07) is 19.3. The second-order valence-corrected chi connectivity index (χ2v) is 10.5. The molecule has 2 aromatic carbocycles. The molecule has 0 saturated carbocycles. The predicted molar refractivity (Wildman–Crippen MR) is 154 cm³/mol. The second kappa shape index (κ2) is 13.7. The van der Waals surface area contributed by atoms with Crippen molar-refractivity contribution in [1.29, 1.82) is 0 Å². The van der Waals surface area contributed by atoms with Gasteiger partial charge in [0.2, 0.25) is 18.6 Å². The molecule has 41 heavy (non-hydrogen) atoms. The number of morpholine rings is 1. The van der Waals surface area contributed by atoms with Crippen molar-refractivity contribution in [2.45, 2.75) is 39.3 Å². The fourth-order valence-corrected chi connectivity index (χ4v) is 5.33. The summed E-state index contributed by atoms with van der Waals surface area (Å²) in [7, 11) is 0. The topological polar surface area (TPSA) is 84.7 Å². The normalized spacial score (nSPS) is 15.5. The van der Waals surface area contributed by atoms with Gasteiger partial charge in [-0.2, -0.15) is 0 Å². The van der Waals surface area contributed by atoms with Crippen molar-refractivity contribution in [2.24, 2.45) is 0 Å². The van der Waals surface area contributed by atoms with Crippen LogP contribution in [-0.2, 0) is 27.4 Å². The number of hydrogen-bond acceptors (Lipinski definition) is 7. The zero-order valence-corrected chi connectivity index (χ0v) is 23.9. The van der Waals surface area contributed by atoms with Crippen LogP contribution in [0.2, 0.25) is 0 Å². The Kier molecular flexibility index (Phi) is 9.59. The molecule has 2 aliphatic heterocycles. The molecule has 0 N–H and O–H groups in total. The Morgan fingerprint density at radius 1 is 0.927 bits per heavy atom. The summed E-state index contributed by atoms with van der Waals surface area (Å²) in [6.07, 6.45) is 0.650. The van der Waals surface area contributed by atoms with Crippen LogP contribution in [0.5, 0.6) is 11.5 Å². The largest absolute Gasteiger partial charge is 0.464 e.